The summed E-state index contributed by atoms with van der Waals surface area (Å²) in [6.45, 7) is 4.35. The zero-order valence-corrected chi connectivity index (χ0v) is 15.3. The minimum atomic E-state index is -1.01. The highest BCUT2D eigenvalue weighted by Crippen LogP contribution is 2.32. The monoisotopic (exact) mass is 354 g/mol. The second-order valence-corrected chi connectivity index (χ2v) is 8.26. The minimum absolute atomic E-state index is 0.108. The van der Waals surface area contributed by atoms with Gasteiger partial charge in [0.1, 0.15) is 18.4 Å². The van der Waals surface area contributed by atoms with Crippen molar-refractivity contribution in [3.05, 3.63) is 64.7 Å². The molecule has 1 aliphatic carbocycles. The molecule has 0 spiro atoms. The SMILES string of the molecule is CC(C)S(=O)NC1CCc2cc(COc3ccccc3C#N)ccc21. The Morgan fingerprint density at radius 1 is 1.32 bits per heavy atom. The molecular weight excluding hydrogens is 332 g/mol. The van der Waals surface area contributed by atoms with Crippen LogP contribution in [0.2, 0.25) is 0 Å². The molecule has 0 aliphatic heterocycles. The van der Waals surface area contributed by atoms with Crippen molar-refractivity contribution in [1.82, 2.24) is 4.72 Å². The molecule has 2 aromatic carbocycles. The molecule has 2 aromatic rings. The van der Waals surface area contributed by atoms with Crippen LogP contribution in [0.4, 0.5) is 0 Å². The van der Waals surface area contributed by atoms with Gasteiger partial charge in [0, 0.05) is 11.3 Å². The van der Waals surface area contributed by atoms with Crippen LogP contribution in [0.25, 0.3) is 0 Å². The summed E-state index contributed by atoms with van der Waals surface area (Å²) in [7, 11) is -1.01. The first kappa shape index (κ1) is 17.7. The summed E-state index contributed by atoms with van der Waals surface area (Å²) in [5, 5.41) is 9.23. The molecule has 3 rings (SSSR count). The third kappa shape index (κ3) is 4.09. The van der Waals surface area contributed by atoms with Gasteiger partial charge in [0.2, 0.25) is 0 Å². The fourth-order valence-electron chi connectivity index (χ4n) is 3.01. The Hall–Kier alpha value is -2.16. The standard InChI is InChI=1S/C20H22N2O2S/c1-14(2)25(23)22-19-10-8-16-11-15(7-9-18(16)19)13-24-20-6-4-3-5-17(20)12-21/h3-7,9,11,14,19,22H,8,10,13H2,1-2H3. The number of rotatable bonds is 6. The Balaban J connectivity index is 1.68. The Morgan fingerprint density at radius 2 is 2.12 bits per heavy atom. The van der Waals surface area contributed by atoms with Crippen LogP contribution in [0.3, 0.4) is 0 Å². The van der Waals surface area contributed by atoms with Gasteiger partial charge in [-0.05, 0) is 55.5 Å². The predicted octanol–water partition coefficient (Wildman–Crippen LogP) is 3.79. The van der Waals surface area contributed by atoms with Crippen LogP contribution in [-0.4, -0.2) is 9.46 Å². The molecular formula is C20H22N2O2S. The van der Waals surface area contributed by atoms with Gasteiger partial charge in [-0.25, -0.2) is 8.93 Å². The molecule has 130 valence electrons. The Morgan fingerprint density at radius 3 is 2.88 bits per heavy atom. The molecule has 0 radical (unpaired) electrons. The van der Waals surface area contributed by atoms with E-state index in [2.05, 4.69) is 22.9 Å². The van der Waals surface area contributed by atoms with Crippen LogP contribution >= 0.6 is 0 Å². The van der Waals surface area contributed by atoms with E-state index in [1.165, 1.54) is 11.1 Å². The Bertz CT molecular complexity index is 827. The number of benzene rings is 2. The first-order valence-corrected chi connectivity index (χ1v) is 9.70. The molecule has 0 heterocycles. The van der Waals surface area contributed by atoms with Crippen molar-refractivity contribution in [2.75, 3.05) is 0 Å². The van der Waals surface area contributed by atoms with Crippen LogP contribution in [0, 0.1) is 11.3 Å². The molecule has 0 bridgehead atoms. The molecule has 4 nitrogen and oxygen atoms in total. The molecule has 0 aromatic heterocycles. The molecule has 25 heavy (non-hydrogen) atoms. The molecule has 2 unspecified atom stereocenters. The maximum absolute atomic E-state index is 12.0. The fraction of sp³-hybridized carbons (Fsp3) is 0.350. The maximum Gasteiger partial charge on any atom is 0.137 e. The number of aryl methyl sites for hydroxylation is 1. The van der Waals surface area contributed by atoms with Gasteiger partial charge in [-0.15, -0.1) is 0 Å². The molecule has 0 amide bonds. The van der Waals surface area contributed by atoms with E-state index in [0.717, 1.165) is 18.4 Å². The van der Waals surface area contributed by atoms with Crippen LogP contribution in [0.5, 0.6) is 5.75 Å². The second-order valence-electron chi connectivity index (χ2n) is 6.49. The second kappa shape index (κ2) is 7.81. The molecule has 0 saturated heterocycles. The van der Waals surface area contributed by atoms with Crippen LogP contribution in [0.1, 0.15) is 48.6 Å². The van der Waals surface area contributed by atoms with Crippen LogP contribution < -0.4 is 9.46 Å². The summed E-state index contributed by atoms with van der Waals surface area (Å²) in [5.41, 5.74) is 4.14. The van der Waals surface area contributed by atoms with Gasteiger partial charge in [0.25, 0.3) is 0 Å². The number of hydrogen-bond acceptors (Lipinski definition) is 3. The summed E-state index contributed by atoms with van der Waals surface area (Å²) in [6, 6.07) is 15.9. The zero-order chi connectivity index (χ0) is 17.8. The van der Waals surface area contributed by atoms with E-state index >= 15 is 0 Å². The molecule has 0 fully saturated rings. The Labute approximate surface area is 151 Å². The lowest BCUT2D eigenvalue weighted by atomic mass is 10.1. The van der Waals surface area contributed by atoms with E-state index < -0.39 is 11.0 Å². The summed E-state index contributed by atoms with van der Waals surface area (Å²) in [5.74, 6) is 0.609. The van der Waals surface area contributed by atoms with Crippen molar-refractivity contribution in [1.29, 1.82) is 5.26 Å². The number of para-hydroxylation sites is 1. The summed E-state index contributed by atoms with van der Waals surface area (Å²) >= 11 is 0. The number of fused-ring (bicyclic) bond motifs is 1. The van der Waals surface area contributed by atoms with Gasteiger partial charge in [0.05, 0.1) is 16.5 Å². The summed E-state index contributed by atoms with van der Waals surface area (Å²) in [4.78, 5) is 0. The van der Waals surface area contributed by atoms with E-state index in [1.807, 2.05) is 38.1 Å². The predicted molar refractivity (Wildman–Crippen MR) is 99.4 cm³/mol. The first-order chi connectivity index (χ1) is 12.1. The third-order valence-corrected chi connectivity index (χ3v) is 5.75. The number of nitriles is 1. The normalized spacial score (nSPS) is 17.1. The lowest BCUT2D eigenvalue weighted by Crippen LogP contribution is -2.27. The van der Waals surface area contributed by atoms with Gasteiger partial charge in [0.15, 0.2) is 0 Å². The van der Waals surface area contributed by atoms with Crippen LogP contribution in [0.15, 0.2) is 42.5 Å². The number of ether oxygens (including phenoxy) is 1. The number of nitrogens with zero attached hydrogens (tertiary/aromatic N) is 1. The molecule has 5 heteroatoms. The van der Waals surface area contributed by atoms with Gasteiger partial charge in [-0.2, -0.15) is 5.26 Å². The van der Waals surface area contributed by atoms with E-state index in [1.54, 1.807) is 6.07 Å². The van der Waals surface area contributed by atoms with Crippen LogP contribution in [-0.2, 0) is 24.0 Å². The molecule has 0 saturated carbocycles. The number of nitrogens with one attached hydrogen (secondary N) is 1. The fourth-order valence-corrected chi connectivity index (χ4v) is 3.80. The highest BCUT2D eigenvalue weighted by Gasteiger charge is 2.24. The maximum atomic E-state index is 12.0. The van der Waals surface area contributed by atoms with Crippen molar-refractivity contribution in [2.45, 2.75) is 44.6 Å². The minimum Gasteiger partial charge on any atom is -0.488 e. The quantitative estimate of drug-likeness (QED) is 0.858. The van der Waals surface area contributed by atoms with Gasteiger partial charge >= 0.3 is 0 Å². The van der Waals surface area contributed by atoms with Crippen molar-refractivity contribution >= 4 is 11.0 Å². The molecule has 2 atom stereocenters. The lowest BCUT2D eigenvalue weighted by molar-refractivity contribution is 0.305. The van der Waals surface area contributed by atoms with Crippen molar-refractivity contribution in [2.24, 2.45) is 0 Å². The largest absolute Gasteiger partial charge is 0.488 e. The number of hydrogen-bond donors (Lipinski definition) is 1. The highest BCUT2D eigenvalue weighted by atomic mass is 32.2. The zero-order valence-electron chi connectivity index (χ0n) is 14.5. The average Bonchev–Trinajstić information content (AvgIpc) is 3.02. The van der Waals surface area contributed by atoms with Gasteiger partial charge < -0.3 is 4.74 Å². The van der Waals surface area contributed by atoms with E-state index in [0.29, 0.717) is 17.9 Å². The van der Waals surface area contributed by atoms with Crippen molar-refractivity contribution in [3.63, 3.8) is 0 Å². The third-order valence-electron chi connectivity index (χ3n) is 4.37. The molecule has 1 aliphatic rings. The first-order valence-electron chi connectivity index (χ1n) is 8.49. The topological polar surface area (TPSA) is 62.1 Å². The van der Waals surface area contributed by atoms with E-state index in [-0.39, 0.29) is 11.3 Å². The van der Waals surface area contributed by atoms with E-state index in [4.69, 9.17) is 10.00 Å². The van der Waals surface area contributed by atoms with Gasteiger partial charge in [-0.1, -0.05) is 30.3 Å². The van der Waals surface area contributed by atoms with Gasteiger partial charge in [-0.3, -0.25) is 0 Å². The highest BCUT2D eigenvalue weighted by molar-refractivity contribution is 7.83. The average molecular weight is 354 g/mol. The van der Waals surface area contributed by atoms with E-state index in [9.17, 15) is 4.21 Å². The summed E-state index contributed by atoms with van der Waals surface area (Å²) < 4.78 is 21.1. The molecule has 1 N–H and O–H groups in total. The van der Waals surface area contributed by atoms with Crippen molar-refractivity contribution < 1.29 is 8.95 Å². The Kier molecular flexibility index (Phi) is 5.52. The summed E-state index contributed by atoms with van der Waals surface area (Å²) in [6.07, 6.45) is 1.94. The lowest BCUT2D eigenvalue weighted by Gasteiger charge is -2.15. The van der Waals surface area contributed by atoms with Crippen molar-refractivity contribution in [3.8, 4) is 11.8 Å². The smallest absolute Gasteiger partial charge is 0.137 e.